The molecule has 4 rings (SSSR count). The van der Waals surface area contributed by atoms with E-state index in [1.807, 2.05) is 25.1 Å². The van der Waals surface area contributed by atoms with Crippen molar-refractivity contribution in [2.24, 2.45) is 17.8 Å². The van der Waals surface area contributed by atoms with Gasteiger partial charge in [0, 0.05) is 19.0 Å². The Morgan fingerprint density at radius 2 is 1.88 bits per heavy atom. The minimum absolute atomic E-state index is 0.0120. The molecule has 1 saturated heterocycles. The van der Waals surface area contributed by atoms with E-state index in [-0.39, 0.29) is 23.7 Å². The monoisotopic (exact) mass is 331 g/mol. The zero-order chi connectivity index (χ0) is 16.8. The van der Waals surface area contributed by atoms with Crippen LogP contribution in [-0.2, 0) is 9.59 Å². The quantitative estimate of drug-likeness (QED) is 0.913. The molecule has 2 fully saturated rings. The van der Waals surface area contributed by atoms with Gasteiger partial charge in [0.05, 0.1) is 5.92 Å². The second kappa shape index (κ2) is 5.69. The molecule has 0 bridgehead atoms. The first kappa shape index (κ1) is 15.3. The smallest absolute Gasteiger partial charge is 0.308 e. The Bertz CT molecular complexity index is 688. The molecule has 1 aromatic rings. The molecule has 2 heterocycles. The summed E-state index contributed by atoms with van der Waals surface area (Å²) in [5.74, 6) is 0.518. The first-order valence-corrected chi connectivity index (χ1v) is 8.45. The summed E-state index contributed by atoms with van der Waals surface area (Å²) in [4.78, 5) is 25.6. The van der Waals surface area contributed by atoms with Gasteiger partial charge in [-0.3, -0.25) is 9.59 Å². The number of fused-ring (bicyclic) bond motifs is 1. The average molecular weight is 331 g/mol. The Labute approximate surface area is 140 Å². The molecule has 2 aliphatic heterocycles. The summed E-state index contributed by atoms with van der Waals surface area (Å²) < 4.78 is 11.1. The van der Waals surface area contributed by atoms with Gasteiger partial charge in [-0.25, -0.2) is 0 Å². The molecular weight excluding hydrogens is 310 g/mol. The van der Waals surface area contributed by atoms with Gasteiger partial charge in [-0.2, -0.15) is 0 Å². The van der Waals surface area contributed by atoms with E-state index in [0.29, 0.717) is 26.3 Å². The second-order valence-corrected chi connectivity index (χ2v) is 7.02. The fraction of sp³-hybridized carbons (Fsp3) is 0.556. The van der Waals surface area contributed by atoms with E-state index in [0.717, 1.165) is 23.5 Å². The van der Waals surface area contributed by atoms with Crippen molar-refractivity contribution in [3.63, 3.8) is 0 Å². The number of benzene rings is 1. The van der Waals surface area contributed by atoms with Gasteiger partial charge >= 0.3 is 5.97 Å². The number of hydrogen-bond donors (Lipinski definition) is 1. The maximum absolute atomic E-state index is 12.7. The van der Waals surface area contributed by atoms with Gasteiger partial charge < -0.3 is 19.5 Å². The number of rotatable bonds is 3. The van der Waals surface area contributed by atoms with Crippen molar-refractivity contribution in [1.82, 2.24) is 4.90 Å². The highest BCUT2D eigenvalue weighted by Gasteiger charge is 2.48. The summed E-state index contributed by atoms with van der Waals surface area (Å²) >= 11 is 0. The van der Waals surface area contributed by atoms with Crippen molar-refractivity contribution in [1.29, 1.82) is 0 Å². The number of ether oxygens (including phenoxy) is 2. The normalized spacial score (nSPS) is 31.0. The van der Waals surface area contributed by atoms with Gasteiger partial charge in [0.1, 0.15) is 13.2 Å². The molecule has 1 aromatic carbocycles. The predicted molar refractivity (Wildman–Crippen MR) is 85.1 cm³/mol. The van der Waals surface area contributed by atoms with Crippen molar-refractivity contribution in [3.8, 4) is 11.5 Å². The van der Waals surface area contributed by atoms with Crippen LogP contribution in [0.4, 0.5) is 0 Å². The molecule has 6 heteroatoms. The van der Waals surface area contributed by atoms with E-state index in [9.17, 15) is 14.7 Å². The number of likely N-dealkylation sites (tertiary alicyclic amines) is 1. The van der Waals surface area contributed by atoms with E-state index < -0.39 is 11.9 Å². The van der Waals surface area contributed by atoms with Gasteiger partial charge in [0.15, 0.2) is 11.5 Å². The van der Waals surface area contributed by atoms with Crippen LogP contribution in [0.1, 0.15) is 24.8 Å². The number of carboxylic acids is 1. The Kier molecular flexibility index (Phi) is 3.62. The third-order valence-corrected chi connectivity index (χ3v) is 5.34. The van der Waals surface area contributed by atoms with Crippen molar-refractivity contribution in [2.75, 3.05) is 26.3 Å². The summed E-state index contributed by atoms with van der Waals surface area (Å²) in [5.41, 5.74) is 1.10. The molecule has 1 saturated carbocycles. The minimum atomic E-state index is -0.808. The molecule has 0 aromatic heterocycles. The largest absolute Gasteiger partial charge is 0.486 e. The number of carboxylic acid groups (broad SMARTS) is 1. The zero-order valence-corrected chi connectivity index (χ0v) is 13.6. The van der Waals surface area contributed by atoms with Gasteiger partial charge in [-0.15, -0.1) is 0 Å². The van der Waals surface area contributed by atoms with Crippen LogP contribution in [0.25, 0.3) is 0 Å². The van der Waals surface area contributed by atoms with E-state index >= 15 is 0 Å². The van der Waals surface area contributed by atoms with Gasteiger partial charge in [0.2, 0.25) is 5.91 Å². The van der Waals surface area contributed by atoms with Crippen LogP contribution < -0.4 is 9.47 Å². The molecule has 1 amide bonds. The highest BCUT2D eigenvalue weighted by molar-refractivity contribution is 5.84. The molecule has 1 aliphatic carbocycles. The molecule has 6 nitrogen and oxygen atoms in total. The van der Waals surface area contributed by atoms with E-state index in [4.69, 9.17) is 9.47 Å². The van der Waals surface area contributed by atoms with Crippen LogP contribution >= 0.6 is 0 Å². The first-order valence-electron chi connectivity index (χ1n) is 8.45. The number of aliphatic carboxylic acids is 1. The molecule has 0 spiro atoms. The maximum Gasteiger partial charge on any atom is 0.308 e. The van der Waals surface area contributed by atoms with Crippen LogP contribution in [0.3, 0.4) is 0 Å². The van der Waals surface area contributed by atoms with E-state index in [2.05, 4.69) is 0 Å². The lowest BCUT2D eigenvalue weighted by molar-refractivity contribution is -0.142. The Morgan fingerprint density at radius 3 is 2.58 bits per heavy atom. The van der Waals surface area contributed by atoms with Crippen LogP contribution in [-0.4, -0.2) is 48.2 Å². The van der Waals surface area contributed by atoms with Gasteiger partial charge in [-0.1, -0.05) is 13.0 Å². The van der Waals surface area contributed by atoms with Crippen LogP contribution in [0.15, 0.2) is 18.2 Å². The lowest BCUT2D eigenvalue weighted by Gasteiger charge is -2.19. The lowest BCUT2D eigenvalue weighted by atomic mass is 9.99. The third-order valence-electron chi connectivity index (χ3n) is 5.34. The number of carbonyl (C=O) groups excluding carboxylic acids is 1. The summed E-state index contributed by atoms with van der Waals surface area (Å²) in [6.45, 7) is 3.89. The molecule has 2 unspecified atom stereocenters. The molecule has 24 heavy (non-hydrogen) atoms. The molecule has 0 radical (unpaired) electrons. The summed E-state index contributed by atoms with van der Waals surface area (Å²) in [5, 5.41) is 9.22. The van der Waals surface area contributed by atoms with Gasteiger partial charge in [0.25, 0.3) is 0 Å². The van der Waals surface area contributed by atoms with Crippen molar-refractivity contribution in [2.45, 2.75) is 19.3 Å². The van der Waals surface area contributed by atoms with Gasteiger partial charge in [-0.05, 0) is 36.0 Å². The Balaban J connectivity index is 1.43. The Hall–Kier alpha value is -2.24. The summed E-state index contributed by atoms with van der Waals surface area (Å²) in [7, 11) is 0. The highest BCUT2D eigenvalue weighted by atomic mass is 16.6. The SMILES string of the molecule is C[C@@H]1CN(C(=O)C2CC2c2ccc3c(c2)OCCO3)C[C@H]1C(=O)O. The predicted octanol–water partition coefficient (Wildman–Crippen LogP) is 1.74. The third kappa shape index (κ3) is 2.60. The maximum atomic E-state index is 12.7. The molecule has 1 N–H and O–H groups in total. The zero-order valence-electron chi connectivity index (χ0n) is 13.6. The Morgan fingerprint density at radius 1 is 1.12 bits per heavy atom. The van der Waals surface area contributed by atoms with Crippen LogP contribution in [0.2, 0.25) is 0 Å². The van der Waals surface area contributed by atoms with E-state index in [1.54, 1.807) is 4.90 Å². The van der Waals surface area contributed by atoms with Crippen molar-refractivity contribution in [3.05, 3.63) is 23.8 Å². The summed E-state index contributed by atoms with van der Waals surface area (Å²) in [6, 6.07) is 5.87. The minimum Gasteiger partial charge on any atom is -0.486 e. The van der Waals surface area contributed by atoms with E-state index in [1.165, 1.54) is 0 Å². The lowest BCUT2D eigenvalue weighted by Crippen LogP contribution is -2.31. The molecule has 128 valence electrons. The topological polar surface area (TPSA) is 76.1 Å². The first-order chi connectivity index (χ1) is 11.5. The number of hydrogen-bond acceptors (Lipinski definition) is 4. The van der Waals surface area contributed by atoms with Crippen molar-refractivity contribution >= 4 is 11.9 Å². The van der Waals surface area contributed by atoms with Crippen LogP contribution in [0.5, 0.6) is 11.5 Å². The highest BCUT2D eigenvalue weighted by Crippen LogP contribution is 2.50. The van der Waals surface area contributed by atoms with Crippen LogP contribution in [0, 0.1) is 17.8 Å². The summed E-state index contributed by atoms with van der Waals surface area (Å²) in [6.07, 6.45) is 0.821. The number of carbonyl (C=O) groups is 2. The molecule has 3 aliphatic rings. The fourth-order valence-electron chi connectivity index (χ4n) is 3.83. The standard InChI is InChI=1S/C18H21NO5/c1-10-8-19(9-14(10)18(21)22)17(20)13-7-12(13)11-2-3-15-16(6-11)24-5-4-23-15/h2-3,6,10,12-14H,4-5,7-9H2,1H3,(H,21,22)/t10-,12?,13?,14-/m1/s1. The van der Waals surface area contributed by atoms with Crippen molar-refractivity contribution < 1.29 is 24.2 Å². The fourth-order valence-corrected chi connectivity index (χ4v) is 3.83. The second-order valence-electron chi connectivity index (χ2n) is 7.02. The number of nitrogens with zero attached hydrogens (tertiary/aromatic N) is 1. The molecular formula is C18H21NO5. The molecule has 4 atom stereocenters. The number of amides is 1. The average Bonchev–Trinajstić information content (AvgIpc) is 3.28.